The van der Waals surface area contributed by atoms with Gasteiger partial charge in [0.25, 0.3) is 0 Å². The summed E-state index contributed by atoms with van der Waals surface area (Å²) in [7, 11) is 2.10. The molecule has 2 rings (SSSR count). The van der Waals surface area contributed by atoms with E-state index in [-0.39, 0.29) is 5.76 Å². The van der Waals surface area contributed by atoms with Gasteiger partial charge in [0.05, 0.1) is 0 Å². The molecule has 5 heteroatoms. The lowest BCUT2D eigenvalue weighted by atomic mass is 10.4. The number of carbonyl (C=O) groups is 1. The largest absolute Gasteiger partial charge is 0.475 e. The minimum absolute atomic E-state index is 0.0296. The summed E-state index contributed by atoms with van der Waals surface area (Å²) in [5.74, 6) is -0.553. The summed E-state index contributed by atoms with van der Waals surface area (Å²) in [6.45, 7) is 1.70. The number of furan rings is 1. The van der Waals surface area contributed by atoms with E-state index in [1.807, 2.05) is 0 Å². The van der Waals surface area contributed by atoms with Crippen molar-refractivity contribution in [1.82, 2.24) is 4.90 Å². The van der Waals surface area contributed by atoms with E-state index in [2.05, 4.69) is 17.3 Å². The van der Waals surface area contributed by atoms with Gasteiger partial charge in [-0.25, -0.2) is 4.79 Å². The lowest BCUT2D eigenvalue weighted by molar-refractivity contribution is 0.0663. The third kappa shape index (κ3) is 2.76. The van der Waals surface area contributed by atoms with Gasteiger partial charge in [0.15, 0.2) is 5.88 Å². The molecule has 1 aromatic heterocycles. The Morgan fingerprint density at radius 2 is 2.38 bits per heavy atom. The minimum Gasteiger partial charge on any atom is -0.475 e. The molecule has 0 spiro atoms. The van der Waals surface area contributed by atoms with E-state index in [4.69, 9.17) is 9.52 Å². The molecular formula is C11H16N2O3. The van der Waals surface area contributed by atoms with Crippen LogP contribution in [-0.2, 0) is 0 Å². The van der Waals surface area contributed by atoms with Crippen LogP contribution >= 0.6 is 0 Å². The molecule has 0 aliphatic heterocycles. The fraction of sp³-hybridized carbons (Fsp3) is 0.545. The van der Waals surface area contributed by atoms with Gasteiger partial charge in [0.2, 0.25) is 5.76 Å². The second-order valence-corrected chi connectivity index (χ2v) is 4.11. The first-order chi connectivity index (χ1) is 7.66. The number of carboxylic acid groups (broad SMARTS) is 1. The molecule has 0 bridgehead atoms. The third-order valence-electron chi connectivity index (χ3n) is 2.75. The lowest BCUT2D eigenvalue weighted by Gasteiger charge is -2.15. The van der Waals surface area contributed by atoms with Gasteiger partial charge in [-0.2, -0.15) is 0 Å². The van der Waals surface area contributed by atoms with E-state index in [0.717, 1.165) is 19.1 Å². The molecule has 5 nitrogen and oxygen atoms in total. The summed E-state index contributed by atoms with van der Waals surface area (Å²) >= 11 is 0. The first-order valence-corrected chi connectivity index (χ1v) is 5.44. The maximum atomic E-state index is 10.6. The molecular weight excluding hydrogens is 208 g/mol. The second kappa shape index (κ2) is 4.57. The van der Waals surface area contributed by atoms with Crippen molar-refractivity contribution in [2.75, 3.05) is 25.5 Å². The highest BCUT2D eigenvalue weighted by atomic mass is 16.4. The predicted octanol–water partition coefficient (Wildman–Crippen LogP) is 1.48. The van der Waals surface area contributed by atoms with Crippen LogP contribution in [0.5, 0.6) is 0 Å². The summed E-state index contributed by atoms with van der Waals surface area (Å²) in [5, 5.41) is 11.7. The highest BCUT2D eigenvalue weighted by Crippen LogP contribution is 2.24. The SMILES string of the molecule is CN(CCNc1ccc(C(=O)O)o1)C1CC1. The lowest BCUT2D eigenvalue weighted by Crippen LogP contribution is -2.26. The molecule has 16 heavy (non-hydrogen) atoms. The number of rotatable bonds is 6. The molecule has 0 radical (unpaired) electrons. The highest BCUT2D eigenvalue weighted by molar-refractivity contribution is 5.84. The zero-order valence-electron chi connectivity index (χ0n) is 9.27. The Hall–Kier alpha value is -1.49. The Morgan fingerprint density at radius 3 is 2.94 bits per heavy atom. The van der Waals surface area contributed by atoms with Crippen molar-refractivity contribution in [2.24, 2.45) is 0 Å². The second-order valence-electron chi connectivity index (χ2n) is 4.11. The summed E-state index contributed by atoms with van der Waals surface area (Å²) in [6, 6.07) is 3.84. The zero-order valence-corrected chi connectivity index (χ0v) is 9.27. The monoisotopic (exact) mass is 224 g/mol. The van der Waals surface area contributed by atoms with Crippen LogP contribution in [-0.4, -0.2) is 42.2 Å². The Morgan fingerprint density at radius 1 is 1.62 bits per heavy atom. The number of hydrogen-bond donors (Lipinski definition) is 2. The van der Waals surface area contributed by atoms with Gasteiger partial charge >= 0.3 is 5.97 Å². The topological polar surface area (TPSA) is 65.7 Å². The molecule has 1 fully saturated rings. The van der Waals surface area contributed by atoms with E-state index >= 15 is 0 Å². The highest BCUT2D eigenvalue weighted by Gasteiger charge is 2.25. The zero-order chi connectivity index (χ0) is 11.5. The smallest absolute Gasteiger partial charge is 0.371 e. The van der Waals surface area contributed by atoms with Crippen LogP contribution in [0, 0.1) is 0 Å². The molecule has 0 amide bonds. The van der Waals surface area contributed by atoms with Gasteiger partial charge in [0, 0.05) is 25.2 Å². The Balaban J connectivity index is 1.73. The average molecular weight is 224 g/mol. The minimum atomic E-state index is -1.04. The molecule has 0 unspecified atom stereocenters. The summed E-state index contributed by atoms with van der Waals surface area (Å²) in [4.78, 5) is 12.9. The number of carboxylic acids is 1. The summed E-state index contributed by atoms with van der Waals surface area (Å²) in [6.07, 6.45) is 2.58. The molecule has 2 N–H and O–H groups in total. The number of anilines is 1. The standard InChI is InChI=1S/C11H16N2O3/c1-13(8-2-3-8)7-6-12-10-5-4-9(16-10)11(14)15/h4-5,8,12H,2-3,6-7H2,1H3,(H,14,15). The number of hydrogen-bond acceptors (Lipinski definition) is 4. The average Bonchev–Trinajstić information content (AvgIpc) is 2.98. The predicted molar refractivity (Wildman–Crippen MR) is 59.8 cm³/mol. The van der Waals surface area contributed by atoms with E-state index in [0.29, 0.717) is 5.88 Å². The van der Waals surface area contributed by atoms with Crippen molar-refractivity contribution in [3.8, 4) is 0 Å². The maximum absolute atomic E-state index is 10.6. The third-order valence-corrected chi connectivity index (χ3v) is 2.75. The van der Waals surface area contributed by atoms with Crippen molar-refractivity contribution in [2.45, 2.75) is 18.9 Å². The van der Waals surface area contributed by atoms with Gasteiger partial charge in [-0.15, -0.1) is 0 Å². The van der Waals surface area contributed by atoms with Crippen LogP contribution in [0.1, 0.15) is 23.4 Å². The van der Waals surface area contributed by atoms with Gasteiger partial charge < -0.3 is 19.7 Å². The van der Waals surface area contributed by atoms with E-state index in [1.165, 1.54) is 18.9 Å². The van der Waals surface area contributed by atoms with Crippen molar-refractivity contribution in [1.29, 1.82) is 0 Å². The molecule has 88 valence electrons. The molecule has 0 saturated heterocycles. The van der Waals surface area contributed by atoms with E-state index < -0.39 is 5.97 Å². The summed E-state index contributed by atoms with van der Waals surface area (Å²) < 4.78 is 5.07. The quantitative estimate of drug-likeness (QED) is 0.766. The van der Waals surface area contributed by atoms with Crippen LogP contribution in [0.25, 0.3) is 0 Å². The van der Waals surface area contributed by atoms with Gasteiger partial charge in [0.1, 0.15) is 0 Å². The van der Waals surface area contributed by atoms with Crippen LogP contribution in [0.3, 0.4) is 0 Å². The van der Waals surface area contributed by atoms with Crippen LogP contribution < -0.4 is 5.32 Å². The number of likely N-dealkylation sites (N-methyl/N-ethyl adjacent to an activating group) is 1. The Labute approximate surface area is 94.0 Å². The molecule has 1 heterocycles. The van der Waals surface area contributed by atoms with Crippen LogP contribution in [0.2, 0.25) is 0 Å². The van der Waals surface area contributed by atoms with Gasteiger partial charge in [-0.1, -0.05) is 0 Å². The number of nitrogens with one attached hydrogen (secondary N) is 1. The van der Waals surface area contributed by atoms with Crippen LogP contribution in [0.15, 0.2) is 16.5 Å². The van der Waals surface area contributed by atoms with Crippen LogP contribution in [0.4, 0.5) is 5.88 Å². The van der Waals surface area contributed by atoms with Gasteiger partial charge in [-0.05, 0) is 26.0 Å². The molecule has 1 aliphatic rings. The Kier molecular flexibility index (Phi) is 3.14. The van der Waals surface area contributed by atoms with Gasteiger partial charge in [-0.3, -0.25) is 0 Å². The molecule has 1 aliphatic carbocycles. The maximum Gasteiger partial charge on any atom is 0.371 e. The number of aromatic carboxylic acids is 1. The van der Waals surface area contributed by atoms with Crippen molar-refractivity contribution >= 4 is 11.9 Å². The first-order valence-electron chi connectivity index (χ1n) is 5.44. The van der Waals surface area contributed by atoms with E-state index in [9.17, 15) is 4.79 Å². The van der Waals surface area contributed by atoms with Crippen molar-refractivity contribution in [3.05, 3.63) is 17.9 Å². The van der Waals surface area contributed by atoms with Crippen molar-refractivity contribution < 1.29 is 14.3 Å². The fourth-order valence-corrected chi connectivity index (χ4v) is 1.60. The molecule has 0 atom stereocenters. The molecule has 1 saturated carbocycles. The van der Waals surface area contributed by atoms with Crippen molar-refractivity contribution in [3.63, 3.8) is 0 Å². The first kappa shape index (κ1) is 11.0. The Bertz CT molecular complexity index is 371. The molecule has 0 aromatic carbocycles. The molecule has 1 aromatic rings. The summed E-state index contributed by atoms with van der Waals surface area (Å²) in [5.41, 5.74) is 0. The fourth-order valence-electron chi connectivity index (χ4n) is 1.60. The number of nitrogens with zero attached hydrogens (tertiary/aromatic N) is 1. The van der Waals surface area contributed by atoms with E-state index in [1.54, 1.807) is 6.07 Å². The normalized spacial score (nSPS) is 15.4.